The van der Waals surface area contributed by atoms with Crippen molar-refractivity contribution < 1.29 is 16.8 Å². The van der Waals surface area contributed by atoms with Gasteiger partial charge in [-0.1, -0.05) is 36.4 Å². The molecule has 0 saturated heterocycles. The number of nitrogens with zero attached hydrogens (tertiary/aromatic N) is 2. The zero-order valence-electron chi connectivity index (χ0n) is 14.9. The first-order chi connectivity index (χ1) is 12.8. The lowest BCUT2D eigenvalue weighted by molar-refractivity contribution is 0.586. The Hall–Kier alpha value is -1.74. The van der Waals surface area contributed by atoms with E-state index in [4.69, 9.17) is 21.4 Å². The van der Waals surface area contributed by atoms with Gasteiger partial charge in [0.15, 0.2) is 9.74 Å². The molecule has 4 rings (SSSR count). The minimum absolute atomic E-state index is 0.666. The molecule has 0 spiro atoms. The molecule has 2 aliphatic rings. The van der Waals surface area contributed by atoms with E-state index in [0.29, 0.717) is 10.7 Å². The third-order valence-corrected chi connectivity index (χ3v) is 8.66. The standard InChI is InChI=1S/2C9H8ClNO2S/c2*1-9(14(10,12)13)6-7-4-2-3-5-8(7)11-9/h2*2-6H,1H3. The van der Waals surface area contributed by atoms with Crippen molar-refractivity contribution in [3.05, 3.63) is 69.7 Å². The lowest BCUT2D eigenvalue weighted by atomic mass is 10.2. The molecule has 0 aromatic heterocycles. The normalized spacial score (nSPS) is 25.0. The van der Waals surface area contributed by atoms with E-state index in [2.05, 4.69) is 9.98 Å². The number of halogens is 2. The molecular formula is C18H16Cl2N2O4S2. The quantitative estimate of drug-likeness (QED) is 0.621. The molecule has 2 aromatic rings. The average molecular weight is 459 g/mol. The van der Waals surface area contributed by atoms with Gasteiger partial charge in [-0.2, -0.15) is 0 Å². The molecule has 10 heteroatoms. The third kappa shape index (κ3) is 3.87. The molecule has 0 fully saturated rings. The van der Waals surface area contributed by atoms with E-state index in [9.17, 15) is 16.8 Å². The lowest BCUT2D eigenvalue weighted by Gasteiger charge is -2.12. The number of hydrogen-bond donors (Lipinski definition) is 0. The number of hydrogen-bond acceptors (Lipinski definition) is 6. The van der Waals surface area contributed by atoms with Crippen LogP contribution in [0.15, 0.2) is 58.5 Å². The van der Waals surface area contributed by atoms with E-state index in [1.54, 1.807) is 24.3 Å². The summed E-state index contributed by atoms with van der Waals surface area (Å²) in [6.07, 6.45) is 3.12. The summed E-state index contributed by atoms with van der Waals surface area (Å²) in [5.41, 5.74) is 0. The van der Waals surface area contributed by atoms with Crippen LogP contribution in [0, 0.1) is 0 Å². The molecule has 2 aromatic carbocycles. The Balaban J connectivity index is 0.000000161. The highest BCUT2D eigenvalue weighted by Gasteiger charge is 2.37. The topological polar surface area (TPSA) is 93.0 Å². The molecule has 0 amide bonds. The largest absolute Gasteiger partial charge is 0.261 e. The second-order valence-corrected chi connectivity index (χ2v) is 12.5. The average Bonchev–Trinajstić information content (AvgIpc) is 3.11. The molecule has 2 aliphatic heterocycles. The van der Waals surface area contributed by atoms with E-state index < -0.39 is 27.8 Å². The van der Waals surface area contributed by atoms with Gasteiger partial charge < -0.3 is 0 Å². The van der Waals surface area contributed by atoms with Gasteiger partial charge in [-0.15, -0.1) is 0 Å². The molecule has 148 valence electrons. The van der Waals surface area contributed by atoms with Gasteiger partial charge in [0.2, 0.25) is 0 Å². The third-order valence-electron chi connectivity index (χ3n) is 4.39. The highest BCUT2D eigenvalue weighted by Crippen LogP contribution is 2.26. The van der Waals surface area contributed by atoms with Crippen LogP contribution < -0.4 is 21.2 Å². The van der Waals surface area contributed by atoms with Gasteiger partial charge in [-0.3, -0.25) is 9.98 Å². The fourth-order valence-electron chi connectivity index (χ4n) is 2.79. The van der Waals surface area contributed by atoms with E-state index in [1.807, 2.05) is 36.4 Å². The van der Waals surface area contributed by atoms with Gasteiger partial charge in [0.25, 0.3) is 18.1 Å². The number of para-hydroxylation sites is 2. The van der Waals surface area contributed by atoms with Crippen molar-refractivity contribution in [1.29, 1.82) is 0 Å². The number of benzene rings is 2. The van der Waals surface area contributed by atoms with Crippen LogP contribution in [-0.2, 0) is 18.1 Å². The summed E-state index contributed by atoms with van der Waals surface area (Å²) in [4.78, 5) is 5.52. The minimum Gasteiger partial charge on any atom is -0.257 e. The Labute approximate surface area is 171 Å². The van der Waals surface area contributed by atoms with Crippen molar-refractivity contribution >= 4 is 51.6 Å². The van der Waals surface area contributed by atoms with E-state index in [-0.39, 0.29) is 0 Å². The molecular weight excluding hydrogens is 443 g/mol. The molecule has 0 aliphatic carbocycles. The monoisotopic (exact) mass is 458 g/mol. The fourth-order valence-corrected chi connectivity index (χ4v) is 4.22. The Kier molecular flexibility index (Phi) is 5.21. The first-order valence-electron chi connectivity index (χ1n) is 8.09. The number of rotatable bonds is 2. The Bertz CT molecular complexity index is 1220. The summed E-state index contributed by atoms with van der Waals surface area (Å²) in [7, 11) is 3.20. The molecule has 0 bridgehead atoms. The highest BCUT2D eigenvalue weighted by molar-refractivity contribution is 8.15. The van der Waals surface area contributed by atoms with Crippen LogP contribution in [0.25, 0.3) is 12.2 Å². The van der Waals surface area contributed by atoms with Crippen molar-refractivity contribution in [3.8, 4) is 0 Å². The maximum atomic E-state index is 11.3. The molecule has 6 nitrogen and oxygen atoms in total. The van der Waals surface area contributed by atoms with Crippen molar-refractivity contribution in [1.82, 2.24) is 0 Å². The Morgan fingerprint density at radius 1 is 0.679 bits per heavy atom. The smallest absolute Gasteiger partial charge is 0.257 e. The van der Waals surface area contributed by atoms with Crippen LogP contribution in [0.3, 0.4) is 0 Å². The minimum atomic E-state index is -3.72. The SMILES string of the molecule is CC1(S(=O)(=O)Cl)C=c2ccccc2=N1.CC1(S(=O)(=O)Cl)C=c2ccccc2=N1. The predicted molar refractivity (Wildman–Crippen MR) is 110 cm³/mol. The van der Waals surface area contributed by atoms with Crippen molar-refractivity contribution in [2.75, 3.05) is 0 Å². The van der Waals surface area contributed by atoms with Gasteiger partial charge in [-0.05, 0) is 48.6 Å². The predicted octanol–water partition coefficient (Wildman–Crippen LogP) is 0.770. The summed E-state index contributed by atoms with van der Waals surface area (Å²) in [5, 5.41) is 2.94. The van der Waals surface area contributed by atoms with Crippen molar-refractivity contribution in [2.24, 2.45) is 9.98 Å². The zero-order valence-corrected chi connectivity index (χ0v) is 18.0. The number of fused-ring (bicyclic) bond motifs is 2. The summed E-state index contributed by atoms with van der Waals surface area (Å²) >= 11 is 0. The van der Waals surface area contributed by atoms with Crippen LogP contribution >= 0.6 is 21.4 Å². The van der Waals surface area contributed by atoms with Crippen LogP contribution in [-0.4, -0.2) is 26.6 Å². The fraction of sp³-hybridized carbons (Fsp3) is 0.222. The van der Waals surface area contributed by atoms with Crippen LogP contribution in [0.5, 0.6) is 0 Å². The second kappa shape index (κ2) is 6.95. The van der Waals surface area contributed by atoms with Crippen LogP contribution in [0.1, 0.15) is 13.8 Å². The van der Waals surface area contributed by atoms with Gasteiger partial charge in [-0.25, -0.2) is 16.8 Å². The van der Waals surface area contributed by atoms with Crippen LogP contribution in [0.4, 0.5) is 0 Å². The Morgan fingerprint density at radius 3 is 1.29 bits per heavy atom. The van der Waals surface area contributed by atoms with Gasteiger partial charge >= 0.3 is 0 Å². The van der Waals surface area contributed by atoms with Gasteiger partial charge in [0.1, 0.15) is 0 Å². The first-order valence-corrected chi connectivity index (χ1v) is 12.7. The molecule has 0 saturated carbocycles. The van der Waals surface area contributed by atoms with Crippen molar-refractivity contribution in [3.63, 3.8) is 0 Å². The van der Waals surface area contributed by atoms with E-state index >= 15 is 0 Å². The van der Waals surface area contributed by atoms with Crippen molar-refractivity contribution in [2.45, 2.75) is 23.6 Å². The van der Waals surface area contributed by atoms with Crippen LogP contribution in [0.2, 0.25) is 0 Å². The summed E-state index contributed by atoms with van der Waals surface area (Å²) in [6.45, 7) is 2.96. The molecule has 2 atom stereocenters. The maximum Gasteiger partial charge on any atom is 0.261 e. The Morgan fingerprint density at radius 2 is 1.00 bits per heavy atom. The summed E-state index contributed by atoms with van der Waals surface area (Å²) < 4.78 is 45.1. The van der Waals surface area contributed by atoms with E-state index in [1.165, 1.54) is 13.8 Å². The summed E-state index contributed by atoms with van der Waals surface area (Å²) in [6, 6.07) is 14.4. The van der Waals surface area contributed by atoms with E-state index in [0.717, 1.165) is 10.4 Å². The second-order valence-electron chi connectivity index (χ2n) is 6.61. The lowest BCUT2D eigenvalue weighted by Crippen LogP contribution is -2.25. The highest BCUT2D eigenvalue weighted by atomic mass is 35.7. The molecule has 2 unspecified atom stereocenters. The van der Waals surface area contributed by atoms with Gasteiger partial charge in [0.05, 0.1) is 10.7 Å². The van der Waals surface area contributed by atoms with Gasteiger partial charge in [0, 0.05) is 21.4 Å². The molecule has 0 radical (unpaired) electrons. The molecule has 2 heterocycles. The summed E-state index contributed by atoms with van der Waals surface area (Å²) in [5.74, 6) is 0. The zero-order chi connectivity index (χ0) is 20.8. The first kappa shape index (κ1) is 21.0. The maximum absolute atomic E-state index is 11.3. The molecule has 0 N–H and O–H groups in total. The molecule has 28 heavy (non-hydrogen) atoms.